The van der Waals surface area contributed by atoms with Crippen molar-refractivity contribution in [2.75, 3.05) is 54.1 Å². The second kappa shape index (κ2) is 9.27. The van der Waals surface area contributed by atoms with Crippen molar-refractivity contribution in [1.82, 2.24) is 9.80 Å². The van der Waals surface area contributed by atoms with Gasteiger partial charge in [-0.1, -0.05) is 0 Å². The maximum atomic E-state index is 12.8. The van der Waals surface area contributed by atoms with E-state index >= 15 is 0 Å². The van der Waals surface area contributed by atoms with E-state index in [0.717, 1.165) is 6.42 Å². The van der Waals surface area contributed by atoms with Crippen molar-refractivity contribution in [2.45, 2.75) is 12.8 Å². The largest absolute Gasteiger partial charge is 0.497 e. The molecule has 7 heteroatoms. The minimum atomic E-state index is -0.0802. The van der Waals surface area contributed by atoms with Gasteiger partial charge in [0.15, 0.2) is 0 Å². The van der Waals surface area contributed by atoms with Crippen molar-refractivity contribution >= 4 is 11.8 Å². The Kier molecular flexibility index (Phi) is 7.06. The molecule has 2 amide bonds. The number of nitrogens with zero attached hydrogens (tertiary/aromatic N) is 2. The number of amides is 2. The van der Waals surface area contributed by atoms with Crippen LogP contribution >= 0.6 is 0 Å². The van der Waals surface area contributed by atoms with Crippen LogP contribution in [-0.4, -0.2) is 75.7 Å². The van der Waals surface area contributed by atoms with E-state index in [1.807, 2.05) is 0 Å². The Morgan fingerprint density at radius 3 is 2.12 bits per heavy atom. The Morgan fingerprint density at radius 2 is 1.52 bits per heavy atom. The minimum Gasteiger partial charge on any atom is -0.497 e. The summed E-state index contributed by atoms with van der Waals surface area (Å²) in [4.78, 5) is 28.5. The molecule has 0 saturated carbocycles. The topological polar surface area (TPSA) is 68.3 Å². The van der Waals surface area contributed by atoms with E-state index in [1.165, 1.54) is 0 Å². The summed E-state index contributed by atoms with van der Waals surface area (Å²) < 4.78 is 15.4. The molecule has 1 aromatic rings. The molecule has 1 aliphatic rings. The van der Waals surface area contributed by atoms with Crippen LogP contribution in [0.3, 0.4) is 0 Å². The fourth-order valence-corrected chi connectivity index (χ4v) is 2.83. The third kappa shape index (κ3) is 5.09. The van der Waals surface area contributed by atoms with Gasteiger partial charge in [0.2, 0.25) is 5.91 Å². The fourth-order valence-electron chi connectivity index (χ4n) is 2.83. The van der Waals surface area contributed by atoms with Crippen LogP contribution in [0.1, 0.15) is 23.2 Å². The maximum absolute atomic E-state index is 12.8. The normalized spacial score (nSPS) is 14.8. The molecule has 0 unspecified atom stereocenters. The van der Waals surface area contributed by atoms with Gasteiger partial charge in [-0.05, 0) is 18.6 Å². The Hall–Kier alpha value is -2.28. The summed E-state index contributed by atoms with van der Waals surface area (Å²) in [5.41, 5.74) is 0.523. The molecule has 1 aliphatic heterocycles. The minimum absolute atomic E-state index is 0.0687. The van der Waals surface area contributed by atoms with Gasteiger partial charge in [-0.15, -0.1) is 0 Å². The summed E-state index contributed by atoms with van der Waals surface area (Å²) in [6.45, 7) is 2.74. The Morgan fingerprint density at radius 1 is 0.920 bits per heavy atom. The highest BCUT2D eigenvalue weighted by Crippen LogP contribution is 2.23. The lowest BCUT2D eigenvalue weighted by molar-refractivity contribution is -0.132. The summed E-state index contributed by atoms with van der Waals surface area (Å²) in [5.74, 6) is 1.14. The van der Waals surface area contributed by atoms with Gasteiger partial charge in [0.25, 0.3) is 5.91 Å². The van der Waals surface area contributed by atoms with Crippen LogP contribution in [0.25, 0.3) is 0 Å². The molecule has 1 fully saturated rings. The maximum Gasteiger partial charge on any atom is 0.254 e. The number of methoxy groups -OCH3 is 3. The fraction of sp³-hybridized carbons (Fsp3) is 0.556. The molecule has 1 aromatic carbocycles. The molecule has 138 valence electrons. The molecule has 1 saturated heterocycles. The van der Waals surface area contributed by atoms with Gasteiger partial charge in [-0.2, -0.15) is 0 Å². The molecule has 0 aliphatic carbocycles. The highest BCUT2D eigenvalue weighted by atomic mass is 16.5. The van der Waals surface area contributed by atoms with Gasteiger partial charge >= 0.3 is 0 Å². The number of ether oxygens (including phenoxy) is 3. The second-order valence-electron chi connectivity index (χ2n) is 5.87. The van der Waals surface area contributed by atoms with Crippen molar-refractivity contribution < 1.29 is 23.8 Å². The Bertz CT molecular complexity index is 583. The summed E-state index contributed by atoms with van der Waals surface area (Å²) in [5, 5.41) is 0. The molecule has 7 nitrogen and oxygen atoms in total. The van der Waals surface area contributed by atoms with E-state index in [1.54, 1.807) is 49.3 Å². The number of hydrogen-bond donors (Lipinski definition) is 0. The second-order valence-corrected chi connectivity index (χ2v) is 5.87. The van der Waals surface area contributed by atoms with Crippen molar-refractivity contribution in [2.24, 2.45) is 0 Å². The van der Waals surface area contributed by atoms with E-state index < -0.39 is 0 Å². The molecule has 0 bridgehead atoms. The molecular weight excluding hydrogens is 324 g/mol. The van der Waals surface area contributed by atoms with Crippen LogP contribution in [-0.2, 0) is 9.53 Å². The number of hydrogen-bond acceptors (Lipinski definition) is 5. The van der Waals surface area contributed by atoms with Crippen LogP contribution in [0, 0.1) is 0 Å². The molecule has 0 atom stereocenters. The van der Waals surface area contributed by atoms with E-state index in [9.17, 15) is 9.59 Å². The molecular formula is C18H26N2O5. The van der Waals surface area contributed by atoms with Crippen molar-refractivity contribution in [3.05, 3.63) is 23.8 Å². The molecule has 0 aromatic heterocycles. The van der Waals surface area contributed by atoms with Gasteiger partial charge in [-0.3, -0.25) is 9.59 Å². The summed E-state index contributed by atoms with van der Waals surface area (Å²) in [6, 6.07) is 5.14. The average molecular weight is 350 g/mol. The highest BCUT2D eigenvalue weighted by Gasteiger charge is 2.23. The highest BCUT2D eigenvalue weighted by molar-refractivity contribution is 5.95. The lowest BCUT2D eigenvalue weighted by Crippen LogP contribution is -2.37. The number of carbonyl (C=O) groups excluding carboxylic acids is 2. The van der Waals surface area contributed by atoms with Gasteiger partial charge in [-0.25, -0.2) is 0 Å². The zero-order valence-electron chi connectivity index (χ0n) is 15.1. The number of carbonyl (C=O) groups is 2. The van der Waals surface area contributed by atoms with Gasteiger partial charge in [0, 0.05) is 44.9 Å². The first-order valence-corrected chi connectivity index (χ1v) is 8.38. The zero-order valence-corrected chi connectivity index (χ0v) is 15.1. The van der Waals surface area contributed by atoms with Crippen molar-refractivity contribution in [3.8, 4) is 11.5 Å². The molecule has 25 heavy (non-hydrogen) atoms. The van der Waals surface area contributed by atoms with Crippen molar-refractivity contribution in [1.29, 1.82) is 0 Å². The number of rotatable bonds is 6. The van der Waals surface area contributed by atoms with E-state index in [0.29, 0.717) is 56.3 Å². The molecule has 2 rings (SSSR count). The van der Waals surface area contributed by atoms with Crippen LogP contribution in [0.2, 0.25) is 0 Å². The van der Waals surface area contributed by atoms with Crippen LogP contribution in [0.5, 0.6) is 11.5 Å². The first-order chi connectivity index (χ1) is 12.1. The van der Waals surface area contributed by atoms with Gasteiger partial charge < -0.3 is 24.0 Å². The Labute approximate surface area is 148 Å². The number of benzene rings is 1. The predicted octanol–water partition coefficient (Wildman–Crippen LogP) is 1.41. The lowest BCUT2D eigenvalue weighted by atomic mass is 10.1. The summed E-state index contributed by atoms with van der Waals surface area (Å²) in [6.07, 6.45) is 1.13. The van der Waals surface area contributed by atoms with Crippen molar-refractivity contribution in [3.63, 3.8) is 0 Å². The van der Waals surface area contributed by atoms with Gasteiger partial charge in [0.1, 0.15) is 11.5 Å². The van der Waals surface area contributed by atoms with E-state index in [-0.39, 0.29) is 11.8 Å². The monoisotopic (exact) mass is 350 g/mol. The predicted molar refractivity (Wildman–Crippen MR) is 93.1 cm³/mol. The average Bonchev–Trinajstić information content (AvgIpc) is 2.91. The van der Waals surface area contributed by atoms with Crippen LogP contribution in [0.4, 0.5) is 0 Å². The lowest BCUT2D eigenvalue weighted by Gasteiger charge is -2.22. The summed E-state index contributed by atoms with van der Waals surface area (Å²) >= 11 is 0. The SMILES string of the molecule is COCCC(=O)N1CCCN(C(=O)c2cc(OC)cc(OC)c2)CC1. The van der Waals surface area contributed by atoms with Crippen LogP contribution < -0.4 is 9.47 Å². The third-order valence-electron chi connectivity index (χ3n) is 4.25. The van der Waals surface area contributed by atoms with E-state index in [4.69, 9.17) is 14.2 Å². The molecule has 0 N–H and O–H groups in total. The Balaban J connectivity index is 2.04. The van der Waals surface area contributed by atoms with Crippen LogP contribution in [0.15, 0.2) is 18.2 Å². The zero-order chi connectivity index (χ0) is 18.2. The summed E-state index contributed by atoms with van der Waals surface area (Å²) in [7, 11) is 4.69. The van der Waals surface area contributed by atoms with Gasteiger partial charge in [0.05, 0.1) is 27.2 Å². The van der Waals surface area contributed by atoms with E-state index in [2.05, 4.69) is 0 Å². The third-order valence-corrected chi connectivity index (χ3v) is 4.25. The first kappa shape index (κ1) is 19.1. The molecule has 0 radical (unpaired) electrons. The standard InChI is InChI=1S/C18H26N2O5/c1-23-10-5-17(21)19-6-4-7-20(9-8-19)18(22)14-11-15(24-2)13-16(12-14)25-3/h11-13H,4-10H2,1-3H3. The smallest absolute Gasteiger partial charge is 0.254 e. The molecule has 1 heterocycles. The molecule has 0 spiro atoms. The quantitative estimate of drug-likeness (QED) is 0.776. The first-order valence-electron chi connectivity index (χ1n) is 8.38.